The third kappa shape index (κ3) is 4.00. The number of anilines is 2. The molecule has 5 rings (SSSR count). The van der Waals surface area contributed by atoms with Gasteiger partial charge in [-0.3, -0.25) is 10.1 Å². The van der Waals surface area contributed by atoms with Crippen LogP contribution >= 0.6 is 11.6 Å². The van der Waals surface area contributed by atoms with Gasteiger partial charge in [-0.1, -0.05) is 71.8 Å². The van der Waals surface area contributed by atoms with Crippen molar-refractivity contribution >= 4 is 35.1 Å². The molecule has 3 aromatic carbocycles. The van der Waals surface area contributed by atoms with Crippen LogP contribution in [-0.4, -0.2) is 20.7 Å². The lowest BCUT2D eigenvalue weighted by Crippen LogP contribution is -2.20. The Labute approximate surface area is 190 Å². The molecule has 7 heteroatoms. The predicted octanol–water partition coefficient (Wildman–Crippen LogP) is 5.55. The Hall–Kier alpha value is -3.90. The predicted molar refractivity (Wildman–Crippen MR) is 127 cm³/mol. The van der Waals surface area contributed by atoms with Crippen molar-refractivity contribution in [3.8, 4) is 0 Å². The maximum atomic E-state index is 12.7. The standard InChI is InChI=1S/C25H20ClN5O/c1-16-6-5-9-19(14-16)23(32)28-24-29-25-27-21(17-7-3-2-4-8-17)15-22(31(25)30-24)18-10-12-20(26)13-11-18/h2-15,22H,1H3,(H2,27,28,29,30,32)/t22-/m0/s1. The van der Waals surface area contributed by atoms with Crippen molar-refractivity contribution in [2.45, 2.75) is 13.0 Å². The monoisotopic (exact) mass is 441 g/mol. The van der Waals surface area contributed by atoms with Gasteiger partial charge in [-0.2, -0.15) is 4.98 Å². The first-order valence-electron chi connectivity index (χ1n) is 10.2. The van der Waals surface area contributed by atoms with E-state index in [1.165, 1.54) is 0 Å². The van der Waals surface area contributed by atoms with Crippen molar-refractivity contribution in [1.82, 2.24) is 14.8 Å². The van der Waals surface area contributed by atoms with E-state index >= 15 is 0 Å². The quantitative estimate of drug-likeness (QED) is 0.435. The molecule has 0 radical (unpaired) electrons. The van der Waals surface area contributed by atoms with Crippen molar-refractivity contribution in [3.63, 3.8) is 0 Å². The number of amides is 1. The molecular formula is C25H20ClN5O. The molecule has 1 aromatic heterocycles. The first-order valence-corrected chi connectivity index (χ1v) is 10.6. The third-order valence-corrected chi connectivity index (χ3v) is 5.52. The lowest BCUT2D eigenvalue weighted by atomic mass is 10.0. The molecule has 0 fully saturated rings. The van der Waals surface area contributed by atoms with Crippen molar-refractivity contribution < 1.29 is 4.79 Å². The van der Waals surface area contributed by atoms with E-state index in [0.29, 0.717) is 16.5 Å². The number of hydrogen-bond acceptors (Lipinski definition) is 4. The lowest BCUT2D eigenvalue weighted by Gasteiger charge is -2.24. The summed E-state index contributed by atoms with van der Waals surface area (Å²) in [5, 5.41) is 11.4. The zero-order valence-electron chi connectivity index (χ0n) is 17.3. The fourth-order valence-electron chi connectivity index (χ4n) is 3.69. The number of benzene rings is 3. The number of rotatable bonds is 4. The molecule has 1 aliphatic rings. The summed E-state index contributed by atoms with van der Waals surface area (Å²) in [6.45, 7) is 1.95. The van der Waals surface area contributed by atoms with Crippen LogP contribution in [0.5, 0.6) is 0 Å². The Balaban J connectivity index is 1.51. The molecule has 0 saturated heterocycles. The topological polar surface area (TPSA) is 71.8 Å². The van der Waals surface area contributed by atoms with Gasteiger partial charge >= 0.3 is 0 Å². The van der Waals surface area contributed by atoms with Crippen LogP contribution in [0, 0.1) is 6.92 Å². The van der Waals surface area contributed by atoms with E-state index < -0.39 is 0 Å². The highest BCUT2D eigenvalue weighted by atomic mass is 35.5. The first kappa shape index (κ1) is 20.0. The normalized spacial score (nSPS) is 14.8. The number of carbonyl (C=O) groups excluding carboxylic acids is 1. The van der Waals surface area contributed by atoms with Gasteiger partial charge in [0.1, 0.15) is 6.04 Å². The molecule has 6 nitrogen and oxygen atoms in total. The third-order valence-electron chi connectivity index (χ3n) is 5.27. The molecule has 0 unspecified atom stereocenters. The molecule has 2 heterocycles. The number of halogens is 1. The van der Waals surface area contributed by atoms with E-state index in [0.717, 1.165) is 22.4 Å². The Morgan fingerprint density at radius 2 is 1.81 bits per heavy atom. The van der Waals surface area contributed by atoms with Crippen molar-refractivity contribution in [2.75, 3.05) is 10.6 Å². The number of fused-ring (bicyclic) bond motifs is 1. The Bertz CT molecular complexity index is 1310. The molecule has 1 atom stereocenters. The average Bonchev–Trinajstić information content (AvgIpc) is 3.22. The van der Waals surface area contributed by atoms with Crippen LogP contribution in [0.15, 0.2) is 84.9 Å². The lowest BCUT2D eigenvalue weighted by molar-refractivity contribution is 0.102. The maximum Gasteiger partial charge on any atom is 0.258 e. The second-order valence-electron chi connectivity index (χ2n) is 7.59. The number of allylic oxidation sites excluding steroid dienone is 1. The smallest absolute Gasteiger partial charge is 0.258 e. The van der Waals surface area contributed by atoms with Crippen LogP contribution in [-0.2, 0) is 0 Å². The SMILES string of the molecule is Cc1cccc(C(=O)Nc2nc3n(n2)[C@H](c2ccc(Cl)cc2)C=C(c2ccccc2)N3)c1. The van der Waals surface area contributed by atoms with Gasteiger partial charge in [0, 0.05) is 16.3 Å². The molecule has 158 valence electrons. The van der Waals surface area contributed by atoms with E-state index in [1.807, 2.05) is 79.7 Å². The number of aryl methyl sites for hydroxylation is 1. The molecule has 0 saturated carbocycles. The van der Waals surface area contributed by atoms with Crippen LogP contribution in [0.2, 0.25) is 5.02 Å². The van der Waals surface area contributed by atoms with Gasteiger partial charge in [0.25, 0.3) is 11.9 Å². The molecule has 0 spiro atoms. The summed E-state index contributed by atoms with van der Waals surface area (Å²) in [5.74, 6) is 0.530. The van der Waals surface area contributed by atoms with Crippen LogP contribution in [0.3, 0.4) is 0 Å². The molecule has 4 aromatic rings. The zero-order valence-corrected chi connectivity index (χ0v) is 18.0. The molecule has 2 N–H and O–H groups in total. The number of nitrogens with zero attached hydrogens (tertiary/aromatic N) is 3. The molecule has 0 bridgehead atoms. The Morgan fingerprint density at radius 1 is 1.03 bits per heavy atom. The van der Waals surface area contributed by atoms with Gasteiger partial charge in [-0.15, -0.1) is 5.10 Å². The maximum absolute atomic E-state index is 12.7. The summed E-state index contributed by atoms with van der Waals surface area (Å²) in [6.07, 6.45) is 2.09. The fourth-order valence-corrected chi connectivity index (χ4v) is 3.82. The Morgan fingerprint density at radius 3 is 2.56 bits per heavy atom. The molecule has 1 aliphatic heterocycles. The minimum absolute atomic E-state index is 0.212. The van der Waals surface area contributed by atoms with E-state index in [4.69, 9.17) is 11.6 Å². The largest absolute Gasteiger partial charge is 0.324 e. The Kier molecular flexibility index (Phi) is 5.21. The highest BCUT2D eigenvalue weighted by Gasteiger charge is 2.26. The zero-order chi connectivity index (χ0) is 22.1. The highest BCUT2D eigenvalue weighted by Crippen LogP contribution is 2.33. The van der Waals surface area contributed by atoms with Gasteiger partial charge < -0.3 is 5.32 Å². The van der Waals surface area contributed by atoms with Crippen molar-refractivity contribution in [2.24, 2.45) is 0 Å². The van der Waals surface area contributed by atoms with Gasteiger partial charge in [-0.25, -0.2) is 4.68 Å². The summed E-state index contributed by atoms with van der Waals surface area (Å²) in [6, 6.07) is 24.8. The highest BCUT2D eigenvalue weighted by molar-refractivity contribution is 6.30. The number of hydrogen-bond donors (Lipinski definition) is 2. The molecule has 32 heavy (non-hydrogen) atoms. The molecule has 0 aliphatic carbocycles. The second-order valence-corrected chi connectivity index (χ2v) is 8.03. The molecular weight excluding hydrogens is 422 g/mol. The van der Waals surface area contributed by atoms with Crippen LogP contribution in [0.25, 0.3) is 5.70 Å². The van der Waals surface area contributed by atoms with Crippen LogP contribution < -0.4 is 10.6 Å². The van der Waals surface area contributed by atoms with E-state index in [1.54, 1.807) is 10.7 Å². The van der Waals surface area contributed by atoms with Crippen LogP contribution in [0.4, 0.5) is 11.9 Å². The number of nitrogens with one attached hydrogen (secondary N) is 2. The van der Waals surface area contributed by atoms with Gasteiger partial charge in [0.15, 0.2) is 0 Å². The van der Waals surface area contributed by atoms with Crippen LogP contribution in [0.1, 0.15) is 33.1 Å². The van der Waals surface area contributed by atoms with Crippen molar-refractivity contribution in [3.05, 3.63) is 112 Å². The summed E-state index contributed by atoms with van der Waals surface area (Å²) in [4.78, 5) is 17.3. The summed E-state index contributed by atoms with van der Waals surface area (Å²) in [7, 11) is 0. The summed E-state index contributed by atoms with van der Waals surface area (Å²) in [5.41, 5.74) is 4.53. The second kappa shape index (κ2) is 8.32. The minimum Gasteiger partial charge on any atom is -0.324 e. The summed E-state index contributed by atoms with van der Waals surface area (Å²) >= 11 is 6.10. The fraction of sp³-hybridized carbons (Fsp3) is 0.0800. The molecule has 1 amide bonds. The van der Waals surface area contributed by atoms with Gasteiger partial charge in [0.05, 0.1) is 0 Å². The van der Waals surface area contributed by atoms with E-state index in [9.17, 15) is 4.79 Å². The first-order chi connectivity index (χ1) is 15.6. The number of aromatic nitrogens is 3. The van der Waals surface area contributed by atoms with Gasteiger partial charge in [-0.05, 0) is 48.4 Å². The van der Waals surface area contributed by atoms with Crippen molar-refractivity contribution in [1.29, 1.82) is 0 Å². The number of carbonyl (C=O) groups is 1. The summed E-state index contributed by atoms with van der Waals surface area (Å²) < 4.78 is 1.77. The average molecular weight is 442 g/mol. The van der Waals surface area contributed by atoms with E-state index in [-0.39, 0.29) is 17.9 Å². The van der Waals surface area contributed by atoms with E-state index in [2.05, 4.69) is 26.8 Å². The van der Waals surface area contributed by atoms with Gasteiger partial charge in [0.2, 0.25) is 5.95 Å². The minimum atomic E-state index is -0.254.